The Morgan fingerprint density at radius 3 is 2.82 bits per heavy atom. The minimum absolute atomic E-state index is 0.286. The van der Waals surface area contributed by atoms with Crippen molar-refractivity contribution < 1.29 is 8.42 Å². The summed E-state index contributed by atoms with van der Waals surface area (Å²) in [4.78, 5) is 1.25. The van der Waals surface area contributed by atoms with Crippen molar-refractivity contribution in [2.75, 3.05) is 19.0 Å². The van der Waals surface area contributed by atoms with Gasteiger partial charge >= 0.3 is 0 Å². The molecule has 0 aromatic carbocycles. The smallest absolute Gasteiger partial charge is 0.207 e. The molecule has 0 bridgehead atoms. The molecule has 1 aromatic heterocycles. The first kappa shape index (κ1) is 13.8. The molecule has 1 unspecified atom stereocenters. The maximum atomic E-state index is 12.4. The van der Waals surface area contributed by atoms with E-state index >= 15 is 0 Å². The SMILES string of the molecule is Cc1sc(Br)cc1S(=O)(=O)N1CCC(CCl)C1. The van der Waals surface area contributed by atoms with Crippen LogP contribution >= 0.6 is 38.9 Å². The number of hydrogen-bond acceptors (Lipinski definition) is 3. The molecule has 0 N–H and O–H groups in total. The standard InChI is InChI=1S/C10H13BrClNO2S2/c1-7-9(4-10(11)16-7)17(14,15)13-3-2-8(5-12)6-13/h4,8H,2-3,5-6H2,1H3. The third-order valence-electron chi connectivity index (χ3n) is 2.93. The zero-order chi connectivity index (χ0) is 12.6. The molecule has 0 spiro atoms. The lowest BCUT2D eigenvalue weighted by Crippen LogP contribution is -2.29. The summed E-state index contributed by atoms with van der Waals surface area (Å²) in [7, 11) is -3.34. The zero-order valence-electron chi connectivity index (χ0n) is 9.32. The molecule has 0 aliphatic carbocycles. The van der Waals surface area contributed by atoms with Crippen molar-refractivity contribution in [2.24, 2.45) is 5.92 Å². The summed E-state index contributed by atoms with van der Waals surface area (Å²) in [6.07, 6.45) is 0.854. The van der Waals surface area contributed by atoms with Crippen molar-refractivity contribution in [3.8, 4) is 0 Å². The second-order valence-corrected chi connectivity index (χ2v) is 8.99. The lowest BCUT2D eigenvalue weighted by molar-refractivity contribution is 0.465. The highest BCUT2D eigenvalue weighted by atomic mass is 79.9. The van der Waals surface area contributed by atoms with Crippen molar-refractivity contribution in [1.29, 1.82) is 0 Å². The van der Waals surface area contributed by atoms with Crippen LogP contribution in [0.1, 0.15) is 11.3 Å². The second-order valence-electron chi connectivity index (χ2n) is 4.14. The normalized spacial score (nSPS) is 22.2. The summed E-state index contributed by atoms with van der Waals surface area (Å²) in [6.45, 7) is 2.95. The highest BCUT2D eigenvalue weighted by Crippen LogP contribution is 2.33. The molecule has 0 saturated carbocycles. The van der Waals surface area contributed by atoms with E-state index in [1.54, 1.807) is 10.4 Å². The van der Waals surface area contributed by atoms with Gasteiger partial charge in [-0.25, -0.2) is 8.42 Å². The molecule has 2 rings (SSSR count). The van der Waals surface area contributed by atoms with Crippen LogP contribution in [0.4, 0.5) is 0 Å². The summed E-state index contributed by atoms with van der Waals surface area (Å²) in [5.41, 5.74) is 0. The van der Waals surface area contributed by atoms with Crippen molar-refractivity contribution >= 4 is 48.9 Å². The van der Waals surface area contributed by atoms with E-state index in [4.69, 9.17) is 11.6 Å². The van der Waals surface area contributed by atoms with Crippen LogP contribution in [0.5, 0.6) is 0 Å². The van der Waals surface area contributed by atoms with E-state index in [1.807, 2.05) is 6.92 Å². The maximum Gasteiger partial charge on any atom is 0.244 e. The number of thiophene rings is 1. The molecule has 1 aliphatic heterocycles. The molecular formula is C10H13BrClNO2S2. The summed E-state index contributed by atoms with van der Waals surface area (Å²) < 4.78 is 27.2. The van der Waals surface area contributed by atoms with Gasteiger partial charge in [0.25, 0.3) is 0 Å². The van der Waals surface area contributed by atoms with E-state index in [0.717, 1.165) is 15.1 Å². The Morgan fingerprint density at radius 1 is 1.65 bits per heavy atom. The van der Waals surface area contributed by atoms with E-state index in [9.17, 15) is 8.42 Å². The molecule has 3 nitrogen and oxygen atoms in total. The molecule has 1 saturated heterocycles. The number of halogens is 2. The van der Waals surface area contributed by atoms with Gasteiger partial charge in [0, 0.05) is 23.8 Å². The van der Waals surface area contributed by atoms with Crippen LogP contribution in [-0.2, 0) is 10.0 Å². The average molecular weight is 359 g/mol. The minimum Gasteiger partial charge on any atom is -0.207 e. The fraction of sp³-hybridized carbons (Fsp3) is 0.600. The Kier molecular flexibility index (Phi) is 4.20. The highest BCUT2D eigenvalue weighted by Gasteiger charge is 2.33. The van der Waals surface area contributed by atoms with Crippen LogP contribution in [0.3, 0.4) is 0 Å². The van der Waals surface area contributed by atoms with Gasteiger partial charge in [-0.2, -0.15) is 4.31 Å². The van der Waals surface area contributed by atoms with Crippen LogP contribution in [0, 0.1) is 12.8 Å². The van der Waals surface area contributed by atoms with Gasteiger partial charge in [0.1, 0.15) is 0 Å². The fourth-order valence-electron chi connectivity index (χ4n) is 1.97. The van der Waals surface area contributed by atoms with E-state index in [-0.39, 0.29) is 5.92 Å². The second kappa shape index (κ2) is 5.17. The van der Waals surface area contributed by atoms with Gasteiger partial charge in [0.2, 0.25) is 10.0 Å². The quantitative estimate of drug-likeness (QED) is 0.779. The minimum atomic E-state index is -3.34. The van der Waals surface area contributed by atoms with Gasteiger partial charge in [-0.05, 0) is 41.3 Å². The predicted molar refractivity (Wildman–Crippen MR) is 74.3 cm³/mol. The lowest BCUT2D eigenvalue weighted by Gasteiger charge is -2.15. The molecule has 0 amide bonds. The lowest BCUT2D eigenvalue weighted by atomic mass is 10.2. The van der Waals surface area contributed by atoms with Crippen molar-refractivity contribution in [3.05, 3.63) is 14.7 Å². The van der Waals surface area contributed by atoms with Gasteiger partial charge in [-0.15, -0.1) is 22.9 Å². The molecule has 7 heteroatoms. The van der Waals surface area contributed by atoms with Crippen LogP contribution in [0.25, 0.3) is 0 Å². The van der Waals surface area contributed by atoms with E-state index in [0.29, 0.717) is 23.9 Å². The molecule has 1 aromatic rings. The molecule has 1 fully saturated rings. The Morgan fingerprint density at radius 2 is 2.35 bits per heavy atom. The Balaban J connectivity index is 2.28. The van der Waals surface area contributed by atoms with Crippen molar-refractivity contribution in [2.45, 2.75) is 18.2 Å². The van der Waals surface area contributed by atoms with Gasteiger partial charge < -0.3 is 0 Å². The number of sulfonamides is 1. The molecule has 2 heterocycles. The third kappa shape index (κ3) is 2.71. The Hall–Kier alpha value is 0.380. The average Bonchev–Trinajstić information content (AvgIpc) is 2.85. The molecular weight excluding hydrogens is 346 g/mol. The molecule has 0 radical (unpaired) electrons. The number of nitrogens with zero attached hydrogens (tertiary/aromatic N) is 1. The first-order valence-electron chi connectivity index (χ1n) is 5.27. The topological polar surface area (TPSA) is 37.4 Å². The van der Waals surface area contributed by atoms with Gasteiger partial charge in [0.15, 0.2) is 0 Å². The van der Waals surface area contributed by atoms with Gasteiger partial charge in [-0.1, -0.05) is 0 Å². The van der Waals surface area contributed by atoms with Crippen LogP contribution < -0.4 is 0 Å². The summed E-state index contributed by atoms with van der Waals surface area (Å²) >= 11 is 10.5. The molecule has 1 aliphatic rings. The number of alkyl halides is 1. The predicted octanol–water partition coefficient (Wildman–Crippen LogP) is 3.07. The van der Waals surface area contributed by atoms with E-state index < -0.39 is 10.0 Å². The monoisotopic (exact) mass is 357 g/mol. The number of rotatable bonds is 3. The maximum absolute atomic E-state index is 12.4. The summed E-state index contributed by atoms with van der Waals surface area (Å²) in [5.74, 6) is 0.812. The fourth-order valence-corrected chi connectivity index (χ4v) is 6.13. The number of aryl methyl sites for hydroxylation is 1. The molecule has 96 valence electrons. The Labute approximate surface area is 119 Å². The van der Waals surface area contributed by atoms with Crippen molar-refractivity contribution in [1.82, 2.24) is 4.31 Å². The highest BCUT2D eigenvalue weighted by molar-refractivity contribution is 9.11. The van der Waals surface area contributed by atoms with Gasteiger partial charge in [-0.3, -0.25) is 0 Å². The third-order valence-corrected chi connectivity index (χ3v) is 7.04. The molecule has 1 atom stereocenters. The van der Waals surface area contributed by atoms with E-state index in [1.165, 1.54) is 11.3 Å². The van der Waals surface area contributed by atoms with E-state index in [2.05, 4.69) is 15.9 Å². The zero-order valence-corrected chi connectivity index (χ0v) is 13.3. The van der Waals surface area contributed by atoms with Crippen LogP contribution in [0.2, 0.25) is 0 Å². The van der Waals surface area contributed by atoms with Crippen LogP contribution in [0.15, 0.2) is 14.7 Å². The van der Waals surface area contributed by atoms with Crippen LogP contribution in [-0.4, -0.2) is 31.7 Å². The first-order valence-corrected chi connectivity index (χ1v) is 8.85. The largest absolute Gasteiger partial charge is 0.244 e. The first-order chi connectivity index (χ1) is 7.95. The molecule has 17 heavy (non-hydrogen) atoms. The van der Waals surface area contributed by atoms with Crippen molar-refractivity contribution in [3.63, 3.8) is 0 Å². The summed E-state index contributed by atoms with van der Waals surface area (Å²) in [6, 6.07) is 1.68. The summed E-state index contributed by atoms with van der Waals surface area (Å²) in [5, 5.41) is 0. The number of hydrogen-bond donors (Lipinski definition) is 0. The Bertz CT molecular complexity index is 514. The van der Waals surface area contributed by atoms with Gasteiger partial charge in [0.05, 0.1) is 8.68 Å².